The number of hydrogen-bond donors (Lipinski definition) is 0. The summed E-state index contributed by atoms with van der Waals surface area (Å²) >= 11 is 1.49. The summed E-state index contributed by atoms with van der Waals surface area (Å²) in [6.45, 7) is 1.22. The van der Waals surface area contributed by atoms with E-state index in [1.54, 1.807) is 17.0 Å². The molecule has 0 radical (unpaired) electrons. The first-order valence-corrected chi connectivity index (χ1v) is 9.43. The first-order chi connectivity index (χ1) is 12.7. The molecule has 134 valence electrons. The van der Waals surface area contributed by atoms with E-state index in [4.69, 9.17) is 9.15 Å². The Morgan fingerprint density at radius 1 is 1.12 bits per heavy atom. The van der Waals surface area contributed by atoms with Gasteiger partial charge in [-0.15, -0.1) is 11.3 Å². The highest BCUT2D eigenvalue weighted by Gasteiger charge is 2.20. The fourth-order valence-corrected chi connectivity index (χ4v) is 3.90. The van der Waals surface area contributed by atoms with Gasteiger partial charge in [-0.05, 0) is 43.5 Å². The normalized spacial score (nSPS) is 14.5. The Kier molecular flexibility index (Phi) is 4.71. The number of rotatable bonds is 4. The zero-order valence-electron chi connectivity index (χ0n) is 14.1. The van der Waals surface area contributed by atoms with E-state index in [0.717, 1.165) is 42.6 Å². The Bertz CT molecular complexity index is 907. The Labute approximate surface area is 154 Å². The molecule has 7 heteroatoms. The molecule has 0 aliphatic carbocycles. The summed E-state index contributed by atoms with van der Waals surface area (Å²) in [6.07, 6.45) is 3.15. The number of aromatic nitrogens is 1. The molecule has 4 rings (SSSR count). The van der Waals surface area contributed by atoms with Crippen molar-refractivity contribution in [1.29, 1.82) is 0 Å². The Morgan fingerprint density at radius 3 is 2.73 bits per heavy atom. The number of nitrogens with zero attached hydrogens (tertiary/aromatic N) is 2. The van der Waals surface area contributed by atoms with Gasteiger partial charge in [0.2, 0.25) is 5.76 Å². The van der Waals surface area contributed by atoms with Gasteiger partial charge in [0.15, 0.2) is 17.4 Å². The number of carbonyl (C=O) groups excluding carboxylic acids is 2. The maximum absolute atomic E-state index is 12.1. The van der Waals surface area contributed by atoms with Gasteiger partial charge in [-0.3, -0.25) is 4.79 Å². The monoisotopic (exact) mass is 370 g/mol. The quantitative estimate of drug-likeness (QED) is 0.655. The largest absolute Gasteiger partial charge is 0.450 e. The summed E-state index contributed by atoms with van der Waals surface area (Å²) in [5.74, 6) is -0.204. The van der Waals surface area contributed by atoms with Crippen molar-refractivity contribution in [3.05, 3.63) is 42.2 Å². The molecule has 0 unspecified atom stereocenters. The number of benzene rings is 1. The lowest BCUT2D eigenvalue weighted by Crippen LogP contribution is -2.38. The van der Waals surface area contributed by atoms with Crippen molar-refractivity contribution in [2.24, 2.45) is 0 Å². The number of para-hydroxylation sites is 1. The molecule has 26 heavy (non-hydrogen) atoms. The summed E-state index contributed by atoms with van der Waals surface area (Å²) in [4.78, 5) is 30.5. The number of thiazole rings is 1. The minimum atomic E-state index is -0.636. The molecule has 1 saturated heterocycles. The van der Waals surface area contributed by atoms with E-state index < -0.39 is 5.97 Å². The second-order valence-corrected chi connectivity index (χ2v) is 7.20. The van der Waals surface area contributed by atoms with Gasteiger partial charge in [0.1, 0.15) is 0 Å². The number of furan rings is 1. The predicted octanol–water partition coefficient (Wildman–Crippen LogP) is 3.73. The first kappa shape index (κ1) is 16.8. The third-order valence-electron chi connectivity index (χ3n) is 4.35. The van der Waals surface area contributed by atoms with Crippen molar-refractivity contribution >= 4 is 33.4 Å². The zero-order valence-corrected chi connectivity index (χ0v) is 15.0. The second-order valence-electron chi connectivity index (χ2n) is 6.17. The van der Waals surface area contributed by atoms with Crippen LogP contribution in [0.2, 0.25) is 0 Å². The molecule has 1 amide bonds. The van der Waals surface area contributed by atoms with Crippen LogP contribution in [0.3, 0.4) is 0 Å². The van der Waals surface area contributed by atoms with Crippen LogP contribution in [0.1, 0.15) is 29.8 Å². The van der Waals surface area contributed by atoms with Gasteiger partial charge in [0.25, 0.3) is 5.91 Å². The van der Waals surface area contributed by atoms with Crippen LogP contribution < -0.4 is 0 Å². The highest BCUT2D eigenvalue weighted by Crippen LogP contribution is 2.31. The third-order valence-corrected chi connectivity index (χ3v) is 5.40. The van der Waals surface area contributed by atoms with Crippen LogP contribution in [-0.4, -0.2) is 41.5 Å². The lowest BCUT2D eigenvalue weighted by Gasteiger charge is -2.26. The van der Waals surface area contributed by atoms with Crippen molar-refractivity contribution in [3.8, 4) is 10.8 Å². The number of piperidine rings is 1. The van der Waals surface area contributed by atoms with Gasteiger partial charge in [-0.1, -0.05) is 12.1 Å². The summed E-state index contributed by atoms with van der Waals surface area (Å²) in [5, 5.41) is 0.703. The maximum Gasteiger partial charge on any atom is 0.374 e. The highest BCUT2D eigenvalue weighted by molar-refractivity contribution is 7.21. The van der Waals surface area contributed by atoms with E-state index in [2.05, 4.69) is 4.98 Å². The second kappa shape index (κ2) is 7.29. The fraction of sp³-hybridized carbons (Fsp3) is 0.316. The maximum atomic E-state index is 12.1. The minimum Gasteiger partial charge on any atom is -0.450 e. The molecule has 1 aromatic carbocycles. The first-order valence-electron chi connectivity index (χ1n) is 8.61. The van der Waals surface area contributed by atoms with Gasteiger partial charge < -0.3 is 14.1 Å². The molecule has 1 aliphatic rings. The fourth-order valence-electron chi connectivity index (χ4n) is 2.97. The number of hydrogen-bond acceptors (Lipinski definition) is 6. The Morgan fingerprint density at radius 2 is 1.92 bits per heavy atom. The van der Waals surface area contributed by atoms with Crippen molar-refractivity contribution in [3.63, 3.8) is 0 Å². The summed E-state index contributed by atoms with van der Waals surface area (Å²) in [5.41, 5.74) is 0.889. The molecular weight excluding hydrogens is 352 g/mol. The van der Waals surface area contributed by atoms with E-state index >= 15 is 0 Å². The van der Waals surface area contributed by atoms with E-state index in [9.17, 15) is 9.59 Å². The lowest BCUT2D eigenvalue weighted by molar-refractivity contribution is -0.135. The van der Waals surface area contributed by atoms with Crippen molar-refractivity contribution < 1.29 is 18.7 Å². The molecule has 3 heterocycles. The highest BCUT2D eigenvalue weighted by atomic mass is 32.1. The van der Waals surface area contributed by atoms with Crippen LogP contribution in [0.15, 0.2) is 40.8 Å². The van der Waals surface area contributed by atoms with E-state index in [1.165, 1.54) is 11.3 Å². The lowest BCUT2D eigenvalue weighted by atomic mass is 10.1. The van der Waals surface area contributed by atoms with Crippen LogP contribution in [0, 0.1) is 0 Å². The summed E-state index contributed by atoms with van der Waals surface area (Å²) in [6, 6.07) is 11.0. The van der Waals surface area contributed by atoms with Gasteiger partial charge in [-0.2, -0.15) is 0 Å². The molecule has 0 saturated carbocycles. The predicted molar refractivity (Wildman–Crippen MR) is 98.0 cm³/mol. The standard InChI is InChI=1S/C19H18N2O4S/c22-17(21-10-4-1-5-11-21)12-24-19(23)15-9-8-14(25-15)18-20-13-6-2-3-7-16(13)26-18/h2-3,6-9H,1,4-5,10-12H2. The van der Waals surface area contributed by atoms with E-state index in [-0.39, 0.29) is 18.3 Å². The van der Waals surface area contributed by atoms with Gasteiger partial charge in [-0.25, -0.2) is 9.78 Å². The zero-order chi connectivity index (χ0) is 17.9. The number of esters is 1. The van der Waals surface area contributed by atoms with Crippen LogP contribution in [0.5, 0.6) is 0 Å². The van der Waals surface area contributed by atoms with Gasteiger partial charge in [0, 0.05) is 13.1 Å². The molecule has 0 bridgehead atoms. The van der Waals surface area contributed by atoms with Crippen LogP contribution in [0.25, 0.3) is 21.0 Å². The van der Waals surface area contributed by atoms with Crippen molar-refractivity contribution in [1.82, 2.24) is 9.88 Å². The molecule has 3 aromatic rings. The van der Waals surface area contributed by atoms with Crippen LogP contribution in [-0.2, 0) is 9.53 Å². The molecule has 0 atom stereocenters. The van der Waals surface area contributed by atoms with E-state index in [1.807, 2.05) is 24.3 Å². The molecule has 0 N–H and O–H groups in total. The Balaban J connectivity index is 1.40. The van der Waals surface area contributed by atoms with E-state index in [0.29, 0.717) is 10.8 Å². The van der Waals surface area contributed by atoms with Crippen molar-refractivity contribution in [2.45, 2.75) is 19.3 Å². The minimum absolute atomic E-state index is 0.0747. The van der Waals surface area contributed by atoms with Gasteiger partial charge in [0.05, 0.1) is 10.2 Å². The van der Waals surface area contributed by atoms with Crippen LogP contribution in [0.4, 0.5) is 0 Å². The number of ether oxygens (including phenoxy) is 1. The van der Waals surface area contributed by atoms with Gasteiger partial charge >= 0.3 is 5.97 Å². The molecule has 6 nitrogen and oxygen atoms in total. The molecule has 2 aromatic heterocycles. The number of carbonyl (C=O) groups is 2. The number of likely N-dealkylation sites (tertiary alicyclic amines) is 1. The molecule has 1 aliphatic heterocycles. The SMILES string of the molecule is O=C(OCC(=O)N1CCCCC1)c1ccc(-c2nc3ccccc3s2)o1. The third kappa shape index (κ3) is 3.48. The molecular formula is C19H18N2O4S. The average Bonchev–Trinajstić information content (AvgIpc) is 3.33. The average molecular weight is 370 g/mol. The molecule has 0 spiro atoms. The summed E-state index contributed by atoms with van der Waals surface area (Å²) in [7, 11) is 0. The number of amides is 1. The topological polar surface area (TPSA) is 72.6 Å². The molecule has 1 fully saturated rings. The summed E-state index contributed by atoms with van der Waals surface area (Å²) < 4.78 is 11.7. The van der Waals surface area contributed by atoms with Crippen molar-refractivity contribution in [2.75, 3.05) is 19.7 Å². The number of fused-ring (bicyclic) bond motifs is 1. The van der Waals surface area contributed by atoms with Crippen LogP contribution >= 0.6 is 11.3 Å². The smallest absolute Gasteiger partial charge is 0.374 e. The Hall–Kier alpha value is -2.67.